The Kier molecular flexibility index (Phi) is 6.13. The second kappa shape index (κ2) is 8.08. The number of carboxylic acids is 1. The number of benzene rings is 1. The van der Waals surface area contributed by atoms with E-state index in [0.29, 0.717) is 12.8 Å². The third kappa shape index (κ3) is 4.17. The Bertz CT molecular complexity index is 524. The van der Waals surface area contributed by atoms with Gasteiger partial charge in [0, 0.05) is 11.5 Å². The van der Waals surface area contributed by atoms with Gasteiger partial charge in [0.1, 0.15) is 0 Å². The monoisotopic (exact) mass is 304 g/mol. The molecule has 1 saturated carbocycles. The molecule has 1 aromatic rings. The van der Waals surface area contributed by atoms with Crippen molar-refractivity contribution in [2.75, 3.05) is 0 Å². The van der Waals surface area contributed by atoms with Crippen LogP contribution in [0, 0.1) is 5.92 Å². The van der Waals surface area contributed by atoms with Crippen LogP contribution < -0.4 is 0 Å². The molecule has 0 spiro atoms. The van der Waals surface area contributed by atoms with Crippen LogP contribution in [0.2, 0.25) is 0 Å². The van der Waals surface area contributed by atoms with Gasteiger partial charge in [-0.05, 0) is 18.9 Å². The zero-order valence-electron chi connectivity index (χ0n) is 12.8. The van der Waals surface area contributed by atoms with E-state index >= 15 is 0 Å². The normalized spacial score (nSPS) is 23.7. The first-order chi connectivity index (χ1) is 10.6. The van der Waals surface area contributed by atoms with Crippen LogP contribution in [0.25, 0.3) is 0 Å². The fraction of sp³-hybridized carbons (Fsp3) is 0.556. The lowest BCUT2D eigenvalue weighted by Gasteiger charge is -2.23. The molecule has 2 N–H and O–H groups in total. The van der Waals surface area contributed by atoms with Gasteiger partial charge in [0.15, 0.2) is 5.78 Å². The molecule has 0 aliphatic heterocycles. The van der Waals surface area contributed by atoms with Crippen molar-refractivity contribution < 1.29 is 19.8 Å². The maximum atomic E-state index is 12.8. The smallest absolute Gasteiger partial charge is 0.336 e. The summed E-state index contributed by atoms with van der Waals surface area (Å²) < 4.78 is 0. The molecule has 1 aliphatic carbocycles. The minimum absolute atomic E-state index is 0.0248. The lowest BCUT2D eigenvalue weighted by molar-refractivity contribution is 0.0593. The van der Waals surface area contributed by atoms with E-state index in [1.54, 1.807) is 18.2 Å². The third-order valence-electron chi connectivity index (χ3n) is 4.49. The van der Waals surface area contributed by atoms with Gasteiger partial charge in [-0.15, -0.1) is 0 Å². The molecule has 22 heavy (non-hydrogen) atoms. The van der Waals surface area contributed by atoms with Crippen molar-refractivity contribution in [1.29, 1.82) is 0 Å². The zero-order chi connectivity index (χ0) is 15.9. The molecule has 0 radical (unpaired) electrons. The lowest BCUT2D eigenvalue weighted by atomic mass is 9.83. The Labute approximate surface area is 131 Å². The van der Waals surface area contributed by atoms with Crippen LogP contribution in [0.1, 0.15) is 72.1 Å². The Hall–Kier alpha value is -1.68. The Morgan fingerprint density at radius 1 is 0.864 bits per heavy atom. The molecule has 0 heterocycles. The van der Waals surface area contributed by atoms with Gasteiger partial charge < -0.3 is 10.2 Å². The van der Waals surface area contributed by atoms with Crippen molar-refractivity contribution in [3.8, 4) is 0 Å². The van der Waals surface area contributed by atoms with Gasteiger partial charge in [-0.2, -0.15) is 0 Å². The molecule has 2 atom stereocenters. The maximum Gasteiger partial charge on any atom is 0.336 e. The van der Waals surface area contributed by atoms with Crippen molar-refractivity contribution in [3.63, 3.8) is 0 Å². The summed E-state index contributed by atoms with van der Waals surface area (Å²) >= 11 is 0. The van der Waals surface area contributed by atoms with Crippen LogP contribution in [0.3, 0.4) is 0 Å². The molecule has 1 fully saturated rings. The van der Waals surface area contributed by atoms with Crippen LogP contribution >= 0.6 is 0 Å². The summed E-state index contributed by atoms with van der Waals surface area (Å²) in [6, 6.07) is 6.29. The minimum atomic E-state index is -1.10. The second-order valence-corrected chi connectivity index (χ2v) is 6.09. The highest BCUT2D eigenvalue weighted by Gasteiger charge is 2.29. The quantitative estimate of drug-likeness (QED) is 0.835. The standard InChI is InChI=1S/C18H24O4/c19-16-12-6-4-2-1-3-5-11-15(16)17(20)13-9-7-8-10-14(13)18(21)22/h7-10,15-16,19H,1-6,11-12H2,(H,21,22). The van der Waals surface area contributed by atoms with E-state index in [2.05, 4.69) is 0 Å². The number of aliphatic hydroxyl groups excluding tert-OH is 1. The fourth-order valence-corrected chi connectivity index (χ4v) is 3.21. The first kappa shape index (κ1) is 16.7. The molecule has 4 nitrogen and oxygen atoms in total. The molecule has 2 unspecified atom stereocenters. The average Bonchev–Trinajstić information content (AvgIpc) is 2.53. The highest BCUT2D eigenvalue weighted by Crippen LogP contribution is 2.26. The number of carboxylic acid groups (broad SMARTS) is 1. The van der Waals surface area contributed by atoms with Gasteiger partial charge in [0.05, 0.1) is 11.7 Å². The van der Waals surface area contributed by atoms with Crippen molar-refractivity contribution in [3.05, 3.63) is 35.4 Å². The summed E-state index contributed by atoms with van der Waals surface area (Å²) in [6.45, 7) is 0. The van der Waals surface area contributed by atoms with E-state index < -0.39 is 18.0 Å². The maximum absolute atomic E-state index is 12.8. The van der Waals surface area contributed by atoms with E-state index in [-0.39, 0.29) is 16.9 Å². The number of carbonyl (C=O) groups excluding carboxylic acids is 1. The van der Waals surface area contributed by atoms with Crippen LogP contribution in [0.15, 0.2) is 24.3 Å². The average molecular weight is 304 g/mol. The second-order valence-electron chi connectivity index (χ2n) is 6.09. The number of carbonyl (C=O) groups is 2. The SMILES string of the molecule is O=C(O)c1ccccc1C(=O)C1CCCCCCCCC1O. The number of Topliss-reactive ketones (excluding diaryl/α,β-unsaturated/α-hetero) is 1. The number of aliphatic hydroxyl groups is 1. The lowest BCUT2D eigenvalue weighted by Crippen LogP contribution is -2.30. The van der Waals surface area contributed by atoms with Gasteiger partial charge in [0.25, 0.3) is 0 Å². The molecule has 1 aromatic carbocycles. The summed E-state index contributed by atoms with van der Waals surface area (Å²) in [5.41, 5.74) is 0.243. The summed E-state index contributed by atoms with van der Waals surface area (Å²) in [6.07, 6.45) is 6.91. The Morgan fingerprint density at radius 3 is 2.05 bits per heavy atom. The topological polar surface area (TPSA) is 74.6 Å². The summed E-state index contributed by atoms with van der Waals surface area (Å²) in [4.78, 5) is 24.1. The number of aromatic carboxylic acids is 1. The highest BCUT2D eigenvalue weighted by molar-refractivity contribution is 6.07. The van der Waals surface area contributed by atoms with Crippen LogP contribution in [0.5, 0.6) is 0 Å². The van der Waals surface area contributed by atoms with Crippen molar-refractivity contribution in [2.24, 2.45) is 5.92 Å². The van der Waals surface area contributed by atoms with Crippen molar-refractivity contribution in [2.45, 2.75) is 57.5 Å². The Balaban J connectivity index is 2.22. The van der Waals surface area contributed by atoms with Gasteiger partial charge in [-0.1, -0.05) is 56.7 Å². The molecule has 0 aromatic heterocycles. The predicted molar refractivity (Wildman–Crippen MR) is 84.2 cm³/mol. The Morgan fingerprint density at radius 2 is 1.41 bits per heavy atom. The van der Waals surface area contributed by atoms with E-state index in [1.165, 1.54) is 18.9 Å². The van der Waals surface area contributed by atoms with Crippen molar-refractivity contribution >= 4 is 11.8 Å². The van der Waals surface area contributed by atoms with Crippen LogP contribution in [-0.4, -0.2) is 28.1 Å². The number of ketones is 1. The van der Waals surface area contributed by atoms with E-state index in [0.717, 1.165) is 25.7 Å². The van der Waals surface area contributed by atoms with E-state index in [4.69, 9.17) is 0 Å². The van der Waals surface area contributed by atoms with Crippen LogP contribution in [0.4, 0.5) is 0 Å². The van der Waals surface area contributed by atoms with E-state index in [9.17, 15) is 19.8 Å². The van der Waals surface area contributed by atoms with Gasteiger partial charge in [0.2, 0.25) is 0 Å². The van der Waals surface area contributed by atoms with Gasteiger partial charge in [-0.25, -0.2) is 4.79 Å². The molecule has 0 saturated heterocycles. The first-order valence-electron chi connectivity index (χ1n) is 8.16. The zero-order valence-corrected chi connectivity index (χ0v) is 12.8. The summed E-state index contributed by atoms with van der Waals surface area (Å²) in [5.74, 6) is -1.82. The number of hydrogen-bond donors (Lipinski definition) is 2. The molecular weight excluding hydrogens is 280 g/mol. The predicted octanol–water partition coefficient (Wildman–Crippen LogP) is 3.68. The molecular formula is C18H24O4. The van der Waals surface area contributed by atoms with E-state index in [1.807, 2.05) is 0 Å². The third-order valence-corrected chi connectivity index (χ3v) is 4.49. The summed E-state index contributed by atoms with van der Waals surface area (Å²) in [7, 11) is 0. The molecule has 1 aliphatic rings. The number of hydrogen-bond acceptors (Lipinski definition) is 3. The van der Waals surface area contributed by atoms with Crippen molar-refractivity contribution in [1.82, 2.24) is 0 Å². The van der Waals surface area contributed by atoms with Crippen LogP contribution in [-0.2, 0) is 0 Å². The number of rotatable bonds is 3. The molecule has 4 heteroatoms. The molecule has 2 rings (SSSR count). The molecule has 0 amide bonds. The first-order valence-corrected chi connectivity index (χ1v) is 8.16. The van der Waals surface area contributed by atoms with Gasteiger partial charge in [-0.3, -0.25) is 4.79 Å². The molecule has 120 valence electrons. The fourth-order valence-electron chi connectivity index (χ4n) is 3.21. The highest BCUT2D eigenvalue weighted by atomic mass is 16.4. The minimum Gasteiger partial charge on any atom is -0.478 e. The van der Waals surface area contributed by atoms with Gasteiger partial charge >= 0.3 is 5.97 Å². The largest absolute Gasteiger partial charge is 0.478 e. The molecule has 0 bridgehead atoms. The summed E-state index contributed by atoms with van der Waals surface area (Å²) in [5, 5.41) is 19.6.